The Morgan fingerprint density at radius 2 is 1.85 bits per heavy atom. The highest BCUT2D eigenvalue weighted by molar-refractivity contribution is 7.92. The maximum atomic E-state index is 12.7. The number of nitrogens with two attached hydrogens (primary N) is 1. The van der Waals surface area contributed by atoms with Crippen molar-refractivity contribution in [3.8, 4) is 5.75 Å². The van der Waals surface area contributed by atoms with Crippen LogP contribution in [0.4, 0.5) is 11.4 Å². The van der Waals surface area contributed by atoms with Gasteiger partial charge in [-0.3, -0.25) is 13.9 Å². The molecule has 1 unspecified atom stereocenters. The fourth-order valence-electron chi connectivity index (χ4n) is 2.78. The van der Waals surface area contributed by atoms with Crippen molar-refractivity contribution in [3.05, 3.63) is 54.1 Å². The molecule has 2 aromatic rings. The SMILES string of the molecule is CCS(=O)(=O)N1CC(C(=O)Nc2ccccc2C(N)=O)Oc2ccccc21. The van der Waals surface area contributed by atoms with Crippen LogP contribution >= 0.6 is 0 Å². The summed E-state index contributed by atoms with van der Waals surface area (Å²) < 4.78 is 31.8. The number of benzene rings is 2. The molecule has 2 amide bonds. The molecule has 27 heavy (non-hydrogen) atoms. The molecule has 142 valence electrons. The van der Waals surface area contributed by atoms with Gasteiger partial charge in [-0.2, -0.15) is 0 Å². The highest BCUT2D eigenvalue weighted by Gasteiger charge is 2.36. The normalized spacial score (nSPS) is 16.2. The maximum absolute atomic E-state index is 12.7. The Morgan fingerprint density at radius 1 is 1.19 bits per heavy atom. The number of carbonyl (C=O) groups is 2. The van der Waals surface area contributed by atoms with Crippen LogP contribution in [0.25, 0.3) is 0 Å². The first-order valence-corrected chi connectivity index (χ1v) is 9.90. The Hall–Kier alpha value is -3.07. The molecule has 2 aromatic carbocycles. The van der Waals surface area contributed by atoms with Crippen LogP contribution < -0.4 is 20.1 Å². The van der Waals surface area contributed by atoms with E-state index in [4.69, 9.17) is 10.5 Å². The number of sulfonamides is 1. The Bertz CT molecular complexity index is 990. The van der Waals surface area contributed by atoms with Crippen LogP contribution in [-0.2, 0) is 14.8 Å². The Balaban J connectivity index is 1.90. The predicted molar refractivity (Wildman–Crippen MR) is 101 cm³/mol. The second kappa shape index (κ2) is 7.28. The minimum Gasteiger partial charge on any atom is -0.476 e. The van der Waals surface area contributed by atoms with E-state index in [1.54, 1.807) is 36.4 Å². The molecule has 9 heteroatoms. The van der Waals surface area contributed by atoms with Crippen LogP contribution in [-0.4, -0.2) is 38.6 Å². The van der Waals surface area contributed by atoms with Crippen LogP contribution in [0.1, 0.15) is 17.3 Å². The highest BCUT2D eigenvalue weighted by atomic mass is 32.2. The third-order valence-electron chi connectivity index (χ3n) is 4.18. The van der Waals surface area contributed by atoms with Gasteiger partial charge in [0.15, 0.2) is 6.10 Å². The average Bonchev–Trinajstić information content (AvgIpc) is 2.67. The number of ether oxygens (including phenoxy) is 1. The topological polar surface area (TPSA) is 119 Å². The van der Waals surface area contributed by atoms with Crippen molar-refractivity contribution in [2.24, 2.45) is 5.73 Å². The van der Waals surface area contributed by atoms with Gasteiger partial charge in [0.25, 0.3) is 11.8 Å². The lowest BCUT2D eigenvalue weighted by molar-refractivity contribution is -0.122. The van der Waals surface area contributed by atoms with E-state index in [2.05, 4.69) is 5.32 Å². The molecule has 0 spiro atoms. The molecular formula is C18H19N3O5S. The van der Waals surface area contributed by atoms with E-state index in [0.717, 1.165) is 0 Å². The molecule has 0 saturated heterocycles. The fourth-order valence-corrected chi connectivity index (χ4v) is 3.90. The number of carbonyl (C=O) groups excluding carboxylic acids is 2. The van der Waals surface area contributed by atoms with Gasteiger partial charge in [-0.25, -0.2) is 8.42 Å². The summed E-state index contributed by atoms with van der Waals surface area (Å²) in [4.78, 5) is 24.2. The number of para-hydroxylation sites is 3. The number of hydrogen-bond acceptors (Lipinski definition) is 5. The number of rotatable bonds is 5. The molecule has 0 aromatic heterocycles. The van der Waals surface area contributed by atoms with Gasteiger partial charge in [0.2, 0.25) is 10.0 Å². The number of primary amides is 1. The van der Waals surface area contributed by atoms with Gasteiger partial charge in [0.05, 0.1) is 29.2 Å². The zero-order chi connectivity index (χ0) is 19.6. The smallest absolute Gasteiger partial charge is 0.267 e. The number of hydrogen-bond donors (Lipinski definition) is 2. The molecule has 8 nitrogen and oxygen atoms in total. The Morgan fingerprint density at radius 3 is 2.56 bits per heavy atom. The lowest BCUT2D eigenvalue weighted by Crippen LogP contribution is -2.49. The van der Waals surface area contributed by atoms with E-state index in [-0.39, 0.29) is 23.5 Å². The van der Waals surface area contributed by atoms with Crippen LogP contribution in [0, 0.1) is 0 Å². The van der Waals surface area contributed by atoms with Gasteiger partial charge in [0.1, 0.15) is 5.75 Å². The van der Waals surface area contributed by atoms with Crippen LogP contribution in [0.15, 0.2) is 48.5 Å². The number of nitrogens with zero attached hydrogens (tertiary/aromatic N) is 1. The Labute approximate surface area is 157 Å². The van der Waals surface area contributed by atoms with E-state index in [1.807, 2.05) is 0 Å². The first-order valence-electron chi connectivity index (χ1n) is 8.29. The quantitative estimate of drug-likeness (QED) is 0.800. The summed E-state index contributed by atoms with van der Waals surface area (Å²) in [5, 5.41) is 2.60. The van der Waals surface area contributed by atoms with Gasteiger partial charge in [-0.05, 0) is 31.2 Å². The molecule has 1 heterocycles. The summed E-state index contributed by atoms with van der Waals surface area (Å²) in [6.07, 6.45) is -1.08. The summed E-state index contributed by atoms with van der Waals surface area (Å²) in [5.41, 5.74) is 6.10. The van der Waals surface area contributed by atoms with Crippen molar-refractivity contribution < 1.29 is 22.7 Å². The molecule has 3 rings (SSSR count). The predicted octanol–water partition coefficient (Wildman–Crippen LogP) is 1.34. The first-order chi connectivity index (χ1) is 12.8. The third kappa shape index (κ3) is 3.72. The number of nitrogens with one attached hydrogen (secondary N) is 1. The monoisotopic (exact) mass is 389 g/mol. The minimum atomic E-state index is -3.60. The van der Waals surface area contributed by atoms with Crippen molar-refractivity contribution in [1.29, 1.82) is 0 Å². The summed E-state index contributed by atoms with van der Waals surface area (Å²) in [6.45, 7) is 1.36. The van der Waals surface area contributed by atoms with Gasteiger partial charge in [-0.15, -0.1) is 0 Å². The molecule has 3 N–H and O–H groups in total. The van der Waals surface area contributed by atoms with Crippen molar-refractivity contribution in [2.45, 2.75) is 13.0 Å². The van der Waals surface area contributed by atoms with E-state index < -0.39 is 27.9 Å². The van der Waals surface area contributed by atoms with Gasteiger partial charge < -0.3 is 15.8 Å². The number of fused-ring (bicyclic) bond motifs is 1. The molecule has 1 atom stereocenters. The molecule has 1 aliphatic rings. The highest BCUT2D eigenvalue weighted by Crippen LogP contribution is 2.35. The fraction of sp³-hybridized carbons (Fsp3) is 0.222. The lowest BCUT2D eigenvalue weighted by Gasteiger charge is -2.34. The summed E-state index contributed by atoms with van der Waals surface area (Å²) >= 11 is 0. The van der Waals surface area contributed by atoms with E-state index in [0.29, 0.717) is 11.4 Å². The Kier molecular flexibility index (Phi) is 5.04. The van der Waals surface area contributed by atoms with Crippen molar-refractivity contribution in [2.75, 3.05) is 21.9 Å². The van der Waals surface area contributed by atoms with Gasteiger partial charge in [-0.1, -0.05) is 24.3 Å². The van der Waals surface area contributed by atoms with E-state index in [9.17, 15) is 18.0 Å². The molecule has 0 bridgehead atoms. The minimum absolute atomic E-state index is 0.111. The zero-order valence-corrected chi connectivity index (χ0v) is 15.4. The molecule has 0 aliphatic carbocycles. The molecule has 0 radical (unpaired) electrons. The molecule has 0 fully saturated rings. The number of anilines is 2. The second-order valence-electron chi connectivity index (χ2n) is 5.90. The van der Waals surface area contributed by atoms with E-state index in [1.165, 1.54) is 23.4 Å². The average molecular weight is 389 g/mol. The summed E-state index contributed by atoms with van der Waals surface area (Å²) in [5.74, 6) is -1.07. The van der Waals surface area contributed by atoms with Gasteiger partial charge in [0, 0.05) is 0 Å². The lowest BCUT2D eigenvalue weighted by atomic mass is 10.1. The molecular weight excluding hydrogens is 370 g/mol. The van der Waals surface area contributed by atoms with Crippen molar-refractivity contribution in [1.82, 2.24) is 0 Å². The number of amides is 2. The first kappa shape index (κ1) is 18.7. The maximum Gasteiger partial charge on any atom is 0.267 e. The van der Waals surface area contributed by atoms with Crippen molar-refractivity contribution >= 4 is 33.2 Å². The van der Waals surface area contributed by atoms with Crippen LogP contribution in [0.3, 0.4) is 0 Å². The van der Waals surface area contributed by atoms with Crippen LogP contribution in [0.5, 0.6) is 5.75 Å². The van der Waals surface area contributed by atoms with Gasteiger partial charge >= 0.3 is 0 Å². The summed E-state index contributed by atoms with van der Waals surface area (Å²) in [7, 11) is -3.60. The second-order valence-corrected chi connectivity index (χ2v) is 8.09. The van der Waals surface area contributed by atoms with Crippen molar-refractivity contribution in [3.63, 3.8) is 0 Å². The largest absolute Gasteiger partial charge is 0.476 e. The standard InChI is InChI=1S/C18H19N3O5S/c1-2-27(24,25)21-11-16(26-15-10-6-5-9-14(15)21)18(23)20-13-8-4-3-7-12(13)17(19)22/h3-10,16H,2,11H2,1H3,(H2,19,22)(H,20,23). The summed E-state index contributed by atoms with van der Waals surface area (Å²) in [6, 6.07) is 12.9. The van der Waals surface area contributed by atoms with E-state index >= 15 is 0 Å². The molecule has 1 aliphatic heterocycles. The molecule has 0 saturated carbocycles. The zero-order valence-electron chi connectivity index (χ0n) is 14.6. The third-order valence-corrected chi connectivity index (χ3v) is 5.93. The van der Waals surface area contributed by atoms with Crippen LogP contribution in [0.2, 0.25) is 0 Å².